The van der Waals surface area contributed by atoms with Gasteiger partial charge in [0.25, 0.3) is 0 Å². The van der Waals surface area contributed by atoms with Crippen molar-refractivity contribution < 1.29 is 4.42 Å². The lowest BCUT2D eigenvalue weighted by Gasteiger charge is -2.05. The highest BCUT2D eigenvalue weighted by Crippen LogP contribution is 2.39. The fourth-order valence-corrected chi connectivity index (χ4v) is 5.37. The summed E-state index contributed by atoms with van der Waals surface area (Å²) in [7, 11) is 0. The van der Waals surface area contributed by atoms with Gasteiger partial charge in [0.15, 0.2) is 0 Å². The van der Waals surface area contributed by atoms with E-state index in [-0.39, 0.29) is 0 Å². The molecule has 0 unspecified atom stereocenters. The molecule has 0 saturated carbocycles. The molecule has 0 aliphatic heterocycles. The van der Waals surface area contributed by atoms with E-state index < -0.39 is 0 Å². The van der Waals surface area contributed by atoms with Crippen LogP contribution >= 0.6 is 11.3 Å². The van der Waals surface area contributed by atoms with Crippen LogP contribution in [0.3, 0.4) is 0 Å². The predicted octanol–water partition coefficient (Wildman–Crippen LogP) is 7.53. The molecule has 0 fully saturated rings. The summed E-state index contributed by atoms with van der Waals surface area (Å²) in [5.74, 6) is 0.442. The lowest BCUT2D eigenvalue weighted by molar-refractivity contribution is 0.669. The third kappa shape index (κ3) is 2.42. The van der Waals surface area contributed by atoms with Crippen LogP contribution in [0, 0.1) is 0 Å². The van der Waals surface area contributed by atoms with Crippen molar-refractivity contribution in [3.8, 4) is 11.3 Å². The summed E-state index contributed by atoms with van der Waals surface area (Å²) in [6.45, 7) is 4.40. The van der Waals surface area contributed by atoms with Gasteiger partial charge in [0.1, 0.15) is 17.5 Å². The van der Waals surface area contributed by atoms with E-state index in [1.165, 1.54) is 21.7 Å². The van der Waals surface area contributed by atoms with Gasteiger partial charge in [-0.2, -0.15) is 0 Å². The van der Waals surface area contributed by atoms with Gasteiger partial charge in [-0.1, -0.05) is 50.2 Å². The quantitative estimate of drug-likeness (QED) is 0.304. The van der Waals surface area contributed by atoms with Crippen LogP contribution < -0.4 is 0 Å². The van der Waals surface area contributed by atoms with E-state index >= 15 is 0 Å². The molecule has 0 bridgehead atoms. The molecule has 3 heterocycles. The average molecular weight is 394 g/mol. The Morgan fingerprint density at radius 1 is 0.897 bits per heavy atom. The van der Waals surface area contributed by atoms with Gasteiger partial charge in [-0.3, -0.25) is 0 Å². The molecule has 140 valence electrons. The van der Waals surface area contributed by atoms with Crippen LogP contribution in [0.4, 0.5) is 0 Å². The van der Waals surface area contributed by atoms with Crippen LogP contribution in [-0.2, 0) is 0 Å². The molecule has 4 heteroatoms. The average Bonchev–Trinajstić information content (AvgIpc) is 3.34. The fraction of sp³-hybridized carbons (Fsp3) is 0.120. The summed E-state index contributed by atoms with van der Waals surface area (Å²) in [6.07, 6.45) is 1.67. The smallest absolute Gasteiger partial charge is 0.136 e. The Kier molecular flexibility index (Phi) is 3.53. The van der Waals surface area contributed by atoms with Gasteiger partial charge in [-0.05, 0) is 45.8 Å². The third-order valence-electron chi connectivity index (χ3n) is 5.64. The molecule has 6 aromatic rings. The van der Waals surface area contributed by atoms with E-state index in [0.717, 1.165) is 38.0 Å². The predicted molar refractivity (Wildman–Crippen MR) is 122 cm³/mol. The normalized spacial score (nSPS) is 12.1. The zero-order chi connectivity index (χ0) is 19.5. The van der Waals surface area contributed by atoms with Crippen molar-refractivity contribution in [2.24, 2.45) is 0 Å². The number of aromatic nitrogens is 2. The van der Waals surface area contributed by atoms with Crippen molar-refractivity contribution >= 4 is 54.3 Å². The van der Waals surface area contributed by atoms with Crippen molar-refractivity contribution in [1.29, 1.82) is 0 Å². The Hall–Kier alpha value is -3.24. The zero-order valence-corrected chi connectivity index (χ0v) is 17.0. The fourth-order valence-electron chi connectivity index (χ4n) is 4.18. The molecule has 0 saturated heterocycles. The maximum atomic E-state index is 6.24. The minimum Gasteiger partial charge on any atom is -0.456 e. The number of nitrogens with zero attached hydrogens (tertiary/aromatic N) is 2. The van der Waals surface area contributed by atoms with Gasteiger partial charge >= 0.3 is 0 Å². The molecule has 0 amide bonds. The monoisotopic (exact) mass is 394 g/mol. The summed E-state index contributed by atoms with van der Waals surface area (Å²) < 4.78 is 7.37. The lowest BCUT2D eigenvalue weighted by atomic mass is 10.0. The first-order valence-electron chi connectivity index (χ1n) is 9.77. The van der Waals surface area contributed by atoms with Crippen LogP contribution in [0.1, 0.15) is 25.3 Å². The van der Waals surface area contributed by atoms with Gasteiger partial charge in [-0.25, -0.2) is 9.97 Å². The molecule has 29 heavy (non-hydrogen) atoms. The van der Waals surface area contributed by atoms with Gasteiger partial charge in [0, 0.05) is 16.3 Å². The lowest BCUT2D eigenvalue weighted by Crippen LogP contribution is -1.90. The Morgan fingerprint density at radius 2 is 1.79 bits per heavy atom. The second-order valence-electron chi connectivity index (χ2n) is 7.72. The molecule has 3 aromatic heterocycles. The molecule has 3 aromatic carbocycles. The van der Waals surface area contributed by atoms with E-state index in [1.54, 1.807) is 17.7 Å². The van der Waals surface area contributed by atoms with Gasteiger partial charge in [-0.15, -0.1) is 11.3 Å². The first-order chi connectivity index (χ1) is 14.2. The first-order valence-corrected chi connectivity index (χ1v) is 10.6. The van der Waals surface area contributed by atoms with Crippen molar-refractivity contribution in [3.63, 3.8) is 0 Å². The van der Waals surface area contributed by atoms with E-state index in [2.05, 4.69) is 83.8 Å². The van der Waals surface area contributed by atoms with Crippen molar-refractivity contribution in [3.05, 3.63) is 71.9 Å². The highest BCUT2D eigenvalue weighted by molar-refractivity contribution is 7.17. The topological polar surface area (TPSA) is 38.9 Å². The van der Waals surface area contributed by atoms with Crippen molar-refractivity contribution in [2.45, 2.75) is 19.8 Å². The van der Waals surface area contributed by atoms with Gasteiger partial charge in [0.05, 0.1) is 15.9 Å². The van der Waals surface area contributed by atoms with Crippen LogP contribution in [-0.4, -0.2) is 9.97 Å². The van der Waals surface area contributed by atoms with Gasteiger partial charge in [0.2, 0.25) is 0 Å². The minimum absolute atomic E-state index is 0.442. The first kappa shape index (κ1) is 16.7. The second-order valence-corrected chi connectivity index (χ2v) is 8.60. The molecular formula is C25H18N2OS. The zero-order valence-electron chi connectivity index (χ0n) is 16.1. The van der Waals surface area contributed by atoms with Crippen LogP contribution in [0.25, 0.3) is 54.2 Å². The summed E-state index contributed by atoms with van der Waals surface area (Å²) in [4.78, 5) is 9.17. The molecule has 0 aliphatic carbocycles. The van der Waals surface area contributed by atoms with Crippen LogP contribution in [0.2, 0.25) is 0 Å². The summed E-state index contributed by atoms with van der Waals surface area (Å²) in [5, 5.41) is 6.97. The molecule has 0 spiro atoms. The highest BCUT2D eigenvalue weighted by atomic mass is 32.1. The van der Waals surface area contributed by atoms with E-state index in [0.29, 0.717) is 5.92 Å². The van der Waals surface area contributed by atoms with Gasteiger partial charge < -0.3 is 4.42 Å². The number of benzene rings is 3. The maximum absolute atomic E-state index is 6.24. The number of hydrogen-bond donors (Lipinski definition) is 0. The number of hydrogen-bond acceptors (Lipinski definition) is 4. The van der Waals surface area contributed by atoms with E-state index in [1.807, 2.05) is 0 Å². The summed E-state index contributed by atoms with van der Waals surface area (Å²) >= 11 is 1.72. The highest BCUT2D eigenvalue weighted by Gasteiger charge is 2.16. The van der Waals surface area contributed by atoms with E-state index in [9.17, 15) is 0 Å². The Labute approximate surface area is 171 Å². The SMILES string of the molecule is CC(C)c1csc2c(-c3ccc4c(c3)oc3ccc5ccccc5c34)ncnc12. The number of fused-ring (bicyclic) bond motifs is 6. The Morgan fingerprint density at radius 3 is 2.69 bits per heavy atom. The molecule has 0 N–H and O–H groups in total. The third-order valence-corrected chi connectivity index (χ3v) is 6.63. The number of furan rings is 1. The molecular weight excluding hydrogens is 376 g/mol. The molecule has 6 rings (SSSR count). The summed E-state index contributed by atoms with van der Waals surface area (Å²) in [5.41, 5.74) is 6.18. The molecule has 0 radical (unpaired) electrons. The molecule has 3 nitrogen and oxygen atoms in total. The number of rotatable bonds is 2. The Balaban J connectivity index is 1.61. The Bertz CT molecular complexity index is 1540. The second kappa shape index (κ2) is 6.13. The standard InChI is InChI=1S/C25H18N2OS/c1-14(2)19-12-29-25-23(26-13-27-24(19)25)16-7-9-18-21(11-16)28-20-10-8-15-5-3-4-6-17(15)22(18)20/h3-14H,1-2H3. The summed E-state index contributed by atoms with van der Waals surface area (Å²) in [6, 6.07) is 19.1. The van der Waals surface area contributed by atoms with Crippen molar-refractivity contribution in [1.82, 2.24) is 9.97 Å². The van der Waals surface area contributed by atoms with Crippen LogP contribution in [0.15, 0.2) is 70.7 Å². The minimum atomic E-state index is 0.442. The number of thiophene rings is 1. The van der Waals surface area contributed by atoms with Crippen molar-refractivity contribution in [2.75, 3.05) is 0 Å². The largest absolute Gasteiger partial charge is 0.456 e. The molecule has 0 atom stereocenters. The maximum Gasteiger partial charge on any atom is 0.136 e. The molecule has 0 aliphatic rings. The van der Waals surface area contributed by atoms with E-state index in [4.69, 9.17) is 4.42 Å². The van der Waals surface area contributed by atoms with Crippen LogP contribution in [0.5, 0.6) is 0 Å².